The van der Waals surface area contributed by atoms with E-state index in [-0.39, 0.29) is 6.03 Å². The number of carbonyl (C=O) groups excluding carboxylic acids is 1. The number of carbonyl (C=O) groups is 1. The third kappa shape index (κ3) is 3.05. The van der Waals surface area contributed by atoms with Gasteiger partial charge in [-0.1, -0.05) is 13.3 Å². The highest BCUT2D eigenvalue weighted by molar-refractivity contribution is 5.88. The fourth-order valence-corrected chi connectivity index (χ4v) is 1.51. The molecule has 1 unspecified atom stereocenters. The summed E-state index contributed by atoms with van der Waals surface area (Å²) in [6, 6.07) is -0.245. The number of urea groups is 1. The topological polar surface area (TPSA) is 53.5 Å². The molecule has 0 bridgehead atoms. The van der Waals surface area contributed by atoms with Crippen molar-refractivity contribution in [3.05, 3.63) is 0 Å². The molecule has 2 amide bonds. The number of nitrogens with zero attached hydrogens (tertiary/aromatic N) is 1. The highest BCUT2D eigenvalue weighted by atomic mass is 16.2. The van der Waals surface area contributed by atoms with Crippen LogP contribution >= 0.6 is 0 Å². The van der Waals surface area contributed by atoms with E-state index in [9.17, 15) is 4.79 Å². The van der Waals surface area contributed by atoms with Crippen LogP contribution in [0.25, 0.3) is 0 Å². The molecule has 0 saturated heterocycles. The summed E-state index contributed by atoms with van der Waals surface area (Å²) in [6.07, 6.45) is 4.68. The fourth-order valence-electron chi connectivity index (χ4n) is 1.51. The lowest BCUT2D eigenvalue weighted by Gasteiger charge is -2.19. The summed E-state index contributed by atoms with van der Waals surface area (Å²) in [5.41, 5.74) is 3.59. The molecule has 1 fully saturated rings. The molecule has 0 aromatic carbocycles. The minimum atomic E-state index is -0.245. The van der Waals surface area contributed by atoms with Gasteiger partial charge in [-0.15, -0.1) is 0 Å². The van der Waals surface area contributed by atoms with E-state index >= 15 is 0 Å². The standard InChI is InChI=1S/C9H17N3O/c1-7-5-3-4-6-8(7)11-12-9(13)10-2/h7H,3-6H2,1-2H3,(H2,10,12,13)/b11-8-. The van der Waals surface area contributed by atoms with Crippen LogP contribution in [0.15, 0.2) is 5.10 Å². The molecule has 74 valence electrons. The first-order valence-corrected chi connectivity index (χ1v) is 4.78. The third-order valence-electron chi connectivity index (χ3n) is 2.42. The number of rotatable bonds is 1. The van der Waals surface area contributed by atoms with Crippen molar-refractivity contribution in [3.63, 3.8) is 0 Å². The van der Waals surface area contributed by atoms with Crippen molar-refractivity contribution in [1.29, 1.82) is 0 Å². The first-order valence-electron chi connectivity index (χ1n) is 4.78. The van der Waals surface area contributed by atoms with E-state index < -0.39 is 0 Å². The van der Waals surface area contributed by atoms with Gasteiger partial charge in [0.1, 0.15) is 0 Å². The number of amides is 2. The maximum Gasteiger partial charge on any atom is 0.334 e. The molecule has 1 atom stereocenters. The van der Waals surface area contributed by atoms with Gasteiger partial charge in [-0.2, -0.15) is 5.10 Å². The molecule has 1 aliphatic carbocycles. The fraction of sp³-hybridized carbons (Fsp3) is 0.778. The smallest absolute Gasteiger partial charge is 0.334 e. The number of hydrazone groups is 1. The molecule has 4 nitrogen and oxygen atoms in total. The summed E-state index contributed by atoms with van der Waals surface area (Å²) in [4.78, 5) is 10.8. The third-order valence-corrected chi connectivity index (χ3v) is 2.42. The van der Waals surface area contributed by atoms with Gasteiger partial charge < -0.3 is 5.32 Å². The van der Waals surface area contributed by atoms with Gasteiger partial charge in [-0.25, -0.2) is 10.2 Å². The summed E-state index contributed by atoms with van der Waals surface area (Å²) in [7, 11) is 1.58. The van der Waals surface area contributed by atoms with Gasteiger partial charge in [0.15, 0.2) is 0 Å². The Kier molecular flexibility index (Phi) is 3.73. The minimum absolute atomic E-state index is 0.245. The van der Waals surface area contributed by atoms with Crippen LogP contribution in [0.4, 0.5) is 4.79 Å². The van der Waals surface area contributed by atoms with Crippen LogP contribution in [-0.4, -0.2) is 18.8 Å². The molecular formula is C9H17N3O. The maximum atomic E-state index is 10.8. The van der Waals surface area contributed by atoms with Crippen LogP contribution in [-0.2, 0) is 0 Å². The predicted octanol–water partition coefficient (Wildman–Crippen LogP) is 1.48. The van der Waals surface area contributed by atoms with Crippen molar-refractivity contribution in [1.82, 2.24) is 10.7 Å². The highest BCUT2D eigenvalue weighted by Crippen LogP contribution is 2.20. The lowest BCUT2D eigenvalue weighted by Crippen LogP contribution is -2.31. The molecule has 0 aliphatic heterocycles. The van der Waals surface area contributed by atoms with Crippen molar-refractivity contribution >= 4 is 11.7 Å². The molecule has 2 N–H and O–H groups in total. The van der Waals surface area contributed by atoms with Crippen molar-refractivity contribution < 1.29 is 4.79 Å². The first-order chi connectivity index (χ1) is 6.24. The first kappa shape index (κ1) is 10.0. The predicted molar refractivity (Wildman–Crippen MR) is 52.7 cm³/mol. The van der Waals surface area contributed by atoms with Crippen LogP contribution in [0.5, 0.6) is 0 Å². The van der Waals surface area contributed by atoms with Crippen molar-refractivity contribution in [2.75, 3.05) is 7.05 Å². The number of nitrogens with one attached hydrogen (secondary N) is 2. The van der Waals surface area contributed by atoms with E-state index in [4.69, 9.17) is 0 Å². The average Bonchev–Trinajstić information content (AvgIpc) is 2.16. The van der Waals surface area contributed by atoms with E-state index in [2.05, 4.69) is 22.8 Å². The zero-order valence-corrected chi connectivity index (χ0v) is 8.26. The zero-order chi connectivity index (χ0) is 9.68. The van der Waals surface area contributed by atoms with Crippen LogP contribution in [0.1, 0.15) is 32.6 Å². The Hall–Kier alpha value is -1.06. The molecule has 1 rings (SSSR count). The zero-order valence-electron chi connectivity index (χ0n) is 8.26. The van der Waals surface area contributed by atoms with Crippen molar-refractivity contribution in [2.45, 2.75) is 32.6 Å². The van der Waals surface area contributed by atoms with E-state index in [0.717, 1.165) is 12.1 Å². The Balaban J connectivity index is 2.43. The molecule has 0 aromatic heterocycles. The number of hydrogen-bond acceptors (Lipinski definition) is 2. The molecule has 0 aromatic rings. The summed E-state index contributed by atoms with van der Waals surface area (Å²) < 4.78 is 0. The second-order valence-electron chi connectivity index (χ2n) is 3.44. The summed E-state index contributed by atoms with van der Waals surface area (Å²) in [5, 5.41) is 6.55. The number of hydrogen-bond donors (Lipinski definition) is 2. The van der Waals surface area contributed by atoms with Gasteiger partial charge >= 0.3 is 6.03 Å². The van der Waals surface area contributed by atoms with Gasteiger partial charge in [-0.05, 0) is 25.2 Å². The molecule has 1 saturated carbocycles. The largest absolute Gasteiger partial charge is 0.340 e. The van der Waals surface area contributed by atoms with Gasteiger partial charge in [0.25, 0.3) is 0 Å². The molecule has 0 radical (unpaired) electrons. The normalized spacial score (nSPS) is 25.7. The van der Waals surface area contributed by atoms with E-state index in [1.54, 1.807) is 7.05 Å². The van der Waals surface area contributed by atoms with E-state index in [1.165, 1.54) is 19.3 Å². The van der Waals surface area contributed by atoms with Crippen molar-refractivity contribution in [3.8, 4) is 0 Å². The Morgan fingerprint density at radius 1 is 1.54 bits per heavy atom. The summed E-state index contributed by atoms with van der Waals surface area (Å²) in [5.74, 6) is 0.519. The van der Waals surface area contributed by atoms with Crippen LogP contribution in [0, 0.1) is 5.92 Å². The lowest BCUT2D eigenvalue weighted by molar-refractivity contribution is 0.243. The Labute approximate surface area is 78.8 Å². The molecule has 4 heteroatoms. The van der Waals surface area contributed by atoms with Gasteiger partial charge in [0, 0.05) is 12.8 Å². The Bertz CT molecular complexity index is 213. The molecule has 13 heavy (non-hydrogen) atoms. The molecule has 0 spiro atoms. The van der Waals surface area contributed by atoms with Crippen LogP contribution in [0.2, 0.25) is 0 Å². The van der Waals surface area contributed by atoms with Crippen molar-refractivity contribution in [2.24, 2.45) is 11.0 Å². The highest BCUT2D eigenvalue weighted by Gasteiger charge is 2.15. The SMILES string of the molecule is CNC(=O)N/N=C1/CCCCC1C. The molecular weight excluding hydrogens is 166 g/mol. The van der Waals surface area contributed by atoms with Crippen LogP contribution < -0.4 is 10.7 Å². The monoisotopic (exact) mass is 183 g/mol. The average molecular weight is 183 g/mol. The minimum Gasteiger partial charge on any atom is -0.340 e. The summed E-state index contributed by atoms with van der Waals surface area (Å²) in [6.45, 7) is 2.16. The van der Waals surface area contributed by atoms with Gasteiger partial charge in [0.2, 0.25) is 0 Å². The second-order valence-corrected chi connectivity index (χ2v) is 3.44. The maximum absolute atomic E-state index is 10.8. The lowest BCUT2D eigenvalue weighted by atomic mass is 9.89. The van der Waals surface area contributed by atoms with E-state index in [1.807, 2.05) is 0 Å². The van der Waals surface area contributed by atoms with Gasteiger partial charge in [-0.3, -0.25) is 0 Å². The van der Waals surface area contributed by atoms with Crippen LogP contribution in [0.3, 0.4) is 0 Å². The van der Waals surface area contributed by atoms with Gasteiger partial charge in [0.05, 0.1) is 0 Å². The quantitative estimate of drug-likeness (QED) is 0.594. The molecule has 1 aliphatic rings. The van der Waals surface area contributed by atoms with E-state index in [0.29, 0.717) is 5.92 Å². The second kappa shape index (κ2) is 4.84. The Morgan fingerprint density at radius 3 is 2.92 bits per heavy atom. The summed E-state index contributed by atoms with van der Waals surface area (Å²) >= 11 is 0. The Morgan fingerprint density at radius 2 is 2.31 bits per heavy atom. The molecule has 0 heterocycles.